The van der Waals surface area contributed by atoms with Crippen molar-refractivity contribution < 1.29 is 31.1 Å². The summed E-state index contributed by atoms with van der Waals surface area (Å²) in [6.45, 7) is 4.67. The van der Waals surface area contributed by atoms with Crippen LogP contribution in [0.25, 0.3) is 0 Å². The fourth-order valence-corrected chi connectivity index (χ4v) is 5.06. The van der Waals surface area contributed by atoms with Gasteiger partial charge >= 0.3 is 6.18 Å². The number of alkyl halides is 3. The molecule has 0 saturated carbocycles. The summed E-state index contributed by atoms with van der Waals surface area (Å²) in [5.41, 5.74) is 1.59. The van der Waals surface area contributed by atoms with Crippen molar-refractivity contribution in [2.24, 2.45) is 0 Å². The van der Waals surface area contributed by atoms with Gasteiger partial charge < -0.3 is 10.1 Å². The first kappa shape index (κ1) is 26.1. The van der Waals surface area contributed by atoms with Crippen LogP contribution in [0.15, 0.2) is 65.6 Å². The van der Waals surface area contributed by atoms with E-state index < -0.39 is 34.2 Å². The summed E-state index contributed by atoms with van der Waals surface area (Å²) in [4.78, 5) is 12.6. The van der Waals surface area contributed by atoms with Crippen LogP contribution in [-0.2, 0) is 21.0 Å². The van der Waals surface area contributed by atoms with E-state index in [2.05, 4.69) is 5.32 Å². The van der Waals surface area contributed by atoms with Gasteiger partial charge in [-0.1, -0.05) is 18.2 Å². The molecule has 0 aromatic heterocycles. The second kappa shape index (κ2) is 9.99. The Morgan fingerprint density at radius 3 is 2.31 bits per heavy atom. The smallest absolute Gasteiger partial charge is 0.416 e. The highest BCUT2D eigenvalue weighted by Crippen LogP contribution is 2.35. The number of nitrogens with zero attached hydrogens (tertiary/aromatic N) is 1. The van der Waals surface area contributed by atoms with Gasteiger partial charge in [0.05, 0.1) is 18.4 Å². The number of carbonyl (C=O) groups excluding carboxylic acids is 1. The Balaban J connectivity index is 2.08. The van der Waals surface area contributed by atoms with Crippen LogP contribution >= 0.6 is 0 Å². The van der Waals surface area contributed by atoms with Crippen molar-refractivity contribution in [3.8, 4) is 5.75 Å². The molecule has 35 heavy (non-hydrogen) atoms. The summed E-state index contributed by atoms with van der Waals surface area (Å²) in [6, 6.07) is 13.4. The summed E-state index contributed by atoms with van der Waals surface area (Å²) >= 11 is 0. The van der Waals surface area contributed by atoms with Crippen molar-refractivity contribution in [2.75, 3.05) is 23.3 Å². The maximum Gasteiger partial charge on any atom is 0.416 e. The number of hydrogen-bond acceptors (Lipinski definition) is 4. The van der Waals surface area contributed by atoms with Gasteiger partial charge in [0.1, 0.15) is 17.2 Å². The van der Waals surface area contributed by atoms with E-state index in [4.69, 9.17) is 4.74 Å². The lowest BCUT2D eigenvalue weighted by atomic mass is 10.1. The van der Waals surface area contributed by atoms with Crippen LogP contribution < -0.4 is 14.4 Å². The van der Waals surface area contributed by atoms with Crippen molar-refractivity contribution >= 4 is 27.3 Å². The van der Waals surface area contributed by atoms with Gasteiger partial charge in [0, 0.05) is 5.69 Å². The number of aryl methyl sites for hydroxylation is 3. The second-order valence-electron chi connectivity index (χ2n) is 8.06. The summed E-state index contributed by atoms with van der Waals surface area (Å²) in [5.74, 6) is -0.719. The molecule has 0 saturated heterocycles. The van der Waals surface area contributed by atoms with Crippen LogP contribution in [-0.4, -0.2) is 28.0 Å². The number of benzene rings is 3. The van der Waals surface area contributed by atoms with Gasteiger partial charge in [0.2, 0.25) is 5.91 Å². The summed E-state index contributed by atoms with van der Waals surface area (Å²) in [5, 5.41) is 2.62. The molecule has 0 aliphatic heterocycles. The van der Waals surface area contributed by atoms with Gasteiger partial charge in [0.15, 0.2) is 0 Å². The van der Waals surface area contributed by atoms with Crippen LogP contribution in [0.5, 0.6) is 5.75 Å². The number of nitrogens with one attached hydrogen (secondary N) is 1. The molecule has 3 aromatic rings. The molecule has 0 unspecified atom stereocenters. The van der Waals surface area contributed by atoms with Crippen molar-refractivity contribution in [1.82, 2.24) is 0 Å². The number of rotatable bonds is 7. The zero-order valence-corrected chi connectivity index (χ0v) is 20.4. The van der Waals surface area contributed by atoms with E-state index in [1.165, 1.54) is 25.3 Å². The summed E-state index contributed by atoms with van der Waals surface area (Å²) in [6.07, 6.45) is -4.70. The molecule has 0 aliphatic carbocycles. The van der Waals surface area contributed by atoms with E-state index in [0.717, 1.165) is 23.3 Å². The van der Waals surface area contributed by atoms with Gasteiger partial charge in [-0.05, 0) is 79.9 Å². The SMILES string of the molecule is COc1ccc(C)cc1S(=O)(=O)N(CC(=O)Nc1ccc(C)c(C)c1)c1cccc(C(F)(F)F)c1. The normalized spacial score (nSPS) is 11.7. The fraction of sp³-hybridized carbons (Fsp3) is 0.240. The maximum atomic E-state index is 13.7. The molecule has 0 atom stereocenters. The molecule has 0 heterocycles. The lowest BCUT2D eigenvalue weighted by Crippen LogP contribution is -2.38. The largest absolute Gasteiger partial charge is 0.495 e. The minimum atomic E-state index is -4.70. The number of halogens is 3. The Morgan fingerprint density at radius 1 is 0.971 bits per heavy atom. The summed E-state index contributed by atoms with van der Waals surface area (Å²) in [7, 11) is -3.22. The number of amides is 1. The van der Waals surface area contributed by atoms with Gasteiger partial charge in [-0.15, -0.1) is 0 Å². The number of carbonyl (C=O) groups is 1. The van der Waals surface area contributed by atoms with E-state index in [-0.39, 0.29) is 16.3 Å². The molecule has 0 fully saturated rings. The van der Waals surface area contributed by atoms with Crippen molar-refractivity contribution in [2.45, 2.75) is 31.8 Å². The Bertz CT molecular complexity index is 1360. The number of anilines is 2. The molecule has 0 radical (unpaired) electrons. The topological polar surface area (TPSA) is 75.7 Å². The minimum Gasteiger partial charge on any atom is -0.495 e. The number of hydrogen-bond donors (Lipinski definition) is 1. The lowest BCUT2D eigenvalue weighted by molar-refractivity contribution is -0.137. The average Bonchev–Trinajstić information content (AvgIpc) is 2.79. The lowest BCUT2D eigenvalue weighted by Gasteiger charge is -2.26. The maximum absolute atomic E-state index is 13.7. The van der Waals surface area contributed by atoms with Crippen LogP contribution in [0.1, 0.15) is 22.3 Å². The van der Waals surface area contributed by atoms with Crippen molar-refractivity contribution in [3.63, 3.8) is 0 Å². The fourth-order valence-electron chi connectivity index (χ4n) is 3.41. The molecular formula is C25H25F3N2O4S. The predicted octanol–water partition coefficient (Wildman–Crippen LogP) is 5.47. The Hall–Kier alpha value is -3.53. The third-order valence-corrected chi connectivity index (χ3v) is 7.22. The molecule has 1 N–H and O–H groups in total. The highest BCUT2D eigenvalue weighted by molar-refractivity contribution is 7.93. The highest BCUT2D eigenvalue weighted by Gasteiger charge is 2.34. The minimum absolute atomic E-state index is 0.00198. The van der Waals surface area contributed by atoms with Crippen molar-refractivity contribution in [3.05, 3.63) is 82.9 Å². The first-order valence-corrected chi connectivity index (χ1v) is 12.0. The van der Waals surface area contributed by atoms with Crippen molar-refractivity contribution in [1.29, 1.82) is 0 Å². The number of ether oxygens (including phenoxy) is 1. The van der Waals surface area contributed by atoms with Crippen LogP contribution in [0.4, 0.5) is 24.5 Å². The molecule has 0 aliphatic rings. The Labute approximate surface area is 202 Å². The molecule has 3 aromatic carbocycles. The second-order valence-corrected chi connectivity index (χ2v) is 9.89. The highest BCUT2D eigenvalue weighted by atomic mass is 32.2. The van der Waals surface area contributed by atoms with Gasteiger partial charge in [0.25, 0.3) is 10.0 Å². The van der Waals surface area contributed by atoms with Gasteiger partial charge in [-0.2, -0.15) is 13.2 Å². The van der Waals surface area contributed by atoms with E-state index in [9.17, 15) is 26.4 Å². The van der Waals surface area contributed by atoms with Gasteiger partial charge in [-0.25, -0.2) is 8.42 Å². The van der Waals surface area contributed by atoms with Gasteiger partial charge in [-0.3, -0.25) is 9.10 Å². The standard InChI is InChI=1S/C25H25F3N2O4S/c1-16-8-11-22(34-4)23(12-16)35(32,33)30(21-7-5-6-19(14-21)25(26,27)28)15-24(31)29-20-10-9-17(2)18(3)13-20/h5-14H,15H2,1-4H3,(H,29,31). The molecule has 1 amide bonds. The third-order valence-electron chi connectivity index (χ3n) is 5.43. The molecule has 3 rings (SSSR count). The van der Waals surface area contributed by atoms with Crippen LogP contribution in [0, 0.1) is 20.8 Å². The van der Waals surface area contributed by atoms with E-state index >= 15 is 0 Å². The third kappa shape index (κ3) is 5.94. The van der Waals surface area contributed by atoms with E-state index in [1.807, 2.05) is 13.8 Å². The predicted molar refractivity (Wildman–Crippen MR) is 128 cm³/mol. The Morgan fingerprint density at radius 2 is 1.69 bits per heavy atom. The van der Waals surface area contributed by atoms with Crippen LogP contribution in [0.3, 0.4) is 0 Å². The number of sulfonamides is 1. The van der Waals surface area contributed by atoms with Crippen LogP contribution in [0.2, 0.25) is 0 Å². The molecular weight excluding hydrogens is 481 g/mol. The quantitative estimate of drug-likeness (QED) is 0.461. The Kier molecular flexibility index (Phi) is 7.44. The first-order valence-electron chi connectivity index (χ1n) is 10.5. The number of methoxy groups -OCH3 is 1. The summed E-state index contributed by atoms with van der Waals surface area (Å²) < 4.78 is 73.4. The van der Waals surface area contributed by atoms with E-state index in [1.54, 1.807) is 31.2 Å². The molecule has 6 nitrogen and oxygen atoms in total. The monoisotopic (exact) mass is 506 g/mol. The first-order chi connectivity index (χ1) is 16.3. The molecule has 0 bridgehead atoms. The van der Waals surface area contributed by atoms with E-state index in [0.29, 0.717) is 21.6 Å². The zero-order chi connectivity index (χ0) is 26.0. The zero-order valence-electron chi connectivity index (χ0n) is 19.6. The average molecular weight is 507 g/mol. The molecule has 186 valence electrons. The molecule has 10 heteroatoms. The molecule has 0 spiro atoms.